The number of aromatic amines is 1. The van der Waals surface area contributed by atoms with Crippen LogP contribution in [0.1, 0.15) is 62.3 Å². The van der Waals surface area contributed by atoms with Crippen LogP contribution in [0.5, 0.6) is 6.01 Å². The van der Waals surface area contributed by atoms with E-state index in [-0.39, 0.29) is 5.69 Å². The quantitative estimate of drug-likeness (QED) is 0.151. The number of hydrogen-bond donors (Lipinski definition) is 4. The van der Waals surface area contributed by atoms with Crippen LogP contribution >= 0.6 is 0 Å². The van der Waals surface area contributed by atoms with Crippen LogP contribution < -0.4 is 27.0 Å². The largest absolute Gasteiger partial charge is 0.463 e. The van der Waals surface area contributed by atoms with Crippen LogP contribution in [-0.4, -0.2) is 45.8 Å². The molecule has 0 aliphatic carbocycles. The van der Waals surface area contributed by atoms with E-state index in [1.54, 1.807) is 4.57 Å². The average molecular weight is 512 g/mol. The van der Waals surface area contributed by atoms with Crippen LogP contribution in [0.25, 0.3) is 11.2 Å². The van der Waals surface area contributed by atoms with Gasteiger partial charge in [-0.15, -0.1) is 0 Å². The third-order valence-electron chi connectivity index (χ3n) is 6.12. The molecule has 0 aliphatic heterocycles. The second-order valence-electron chi connectivity index (χ2n) is 9.26. The van der Waals surface area contributed by atoms with Crippen molar-refractivity contribution in [2.45, 2.75) is 65.5 Å². The predicted molar refractivity (Wildman–Crippen MR) is 146 cm³/mol. The zero-order chi connectivity index (χ0) is 26.5. The number of hydrogen-bond acceptors (Lipinski definition) is 8. The van der Waals surface area contributed by atoms with Crippen molar-refractivity contribution in [3.8, 4) is 6.01 Å². The maximum absolute atomic E-state index is 12.6. The fraction of sp³-hybridized carbons (Fsp3) is 0.519. The van der Waals surface area contributed by atoms with Crippen LogP contribution in [0.2, 0.25) is 0 Å². The van der Waals surface area contributed by atoms with E-state index in [0.29, 0.717) is 42.6 Å². The summed E-state index contributed by atoms with van der Waals surface area (Å²) in [6, 6.07) is 8.64. The van der Waals surface area contributed by atoms with E-state index in [4.69, 9.17) is 10.6 Å². The molecule has 1 aromatic carbocycles. The lowest BCUT2D eigenvalue weighted by molar-refractivity contribution is 0.157. The molecule has 0 spiro atoms. The lowest BCUT2D eigenvalue weighted by Crippen LogP contribution is -2.19. The fourth-order valence-corrected chi connectivity index (χ4v) is 3.99. The van der Waals surface area contributed by atoms with Gasteiger partial charge in [0.15, 0.2) is 5.65 Å². The third kappa shape index (κ3) is 8.99. The van der Waals surface area contributed by atoms with Gasteiger partial charge in [0.1, 0.15) is 12.1 Å². The Morgan fingerprint density at radius 1 is 1.08 bits per heavy atom. The number of H-pyrrole nitrogens is 1. The van der Waals surface area contributed by atoms with Gasteiger partial charge in [-0.2, -0.15) is 9.97 Å². The van der Waals surface area contributed by atoms with E-state index in [1.165, 1.54) is 18.4 Å². The van der Waals surface area contributed by atoms with Gasteiger partial charge in [-0.3, -0.25) is 9.40 Å². The Hall–Kier alpha value is -3.21. The number of ether oxygens (including phenoxy) is 1. The molecule has 0 saturated heterocycles. The van der Waals surface area contributed by atoms with E-state index >= 15 is 0 Å². The minimum Gasteiger partial charge on any atom is -0.463 e. The number of fused-ring (bicyclic) bond motifs is 1. The number of aromatic nitrogens is 4. The fourth-order valence-electron chi connectivity index (χ4n) is 3.99. The number of nitrogens with zero attached hydrogens (tertiary/aromatic N) is 3. The van der Waals surface area contributed by atoms with Crippen molar-refractivity contribution in [2.24, 2.45) is 5.90 Å². The molecule has 0 unspecified atom stereocenters. The number of nitrogens with one attached hydrogen (secondary N) is 3. The molecule has 10 nitrogen and oxygen atoms in total. The summed E-state index contributed by atoms with van der Waals surface area (Å²) >= 11 is 0. The zero-order valence-electron chi connectivity index (χ0n) is 22.1. The first-order valence-electron chi connectivity index (χ1n) is 13.1. The number of rotatable bonds is 18. The van der Waals surface area contributed by atoms with Gasteiger partial charge in [0, 0.05) is 18.8 Å². The summed E-state index contributed by atoms with van der Waals surface area (Å²) in [5.74, 6) is 5.02. The van der Waals surface area contributed by atoms with E-state index in [1.807, 2.05) is 6.92 Å². The lowest BCUT2D eigenvalue weighted by atomic mass is 10.1. The van der Waals surface area contributed by atoms with Crippen LogP contribution in [-0.2, 0) is 17.9 Å². The molecule has 0 saturated carbocycles. The molecule has 37 heavy (non-hydrogen) atoms. The van der Waals surface area contributed by atoms with Crippen LogP contribution in [0.4, 0.5) is 0 Å². The molecule has 5 N–H and O–H groups in total. The van der Waals surface area contributed by atoms with Crippen molar-refractivity contribution in [2.75, 3.05) is 26.3 Å². The van der Waals surface area contributed by atoms with Crippen LogP contribution in [0.15, 0.2) is 41.3 Å². The summed E-state index contributed by atoms with van der Waals surface area (Å²) < 4.78 is 7.33. The molecule has 0 atom stereocenters. The summed E-state index contributed by atoms with van der Waals surface area (Å²) in [7, 11) is 0. The molecule has 2 heterocycles. The number of imidazole rings is 1. The molecule has 3 aromatic rings. The molecule has 3 rings (SSSR count). The maximum atomic E-state index is 12.6. The van der Waals surface area contributed by atoms with Gasteiger partial charge in [-0.25, -0.2) is 10.7 Å². The van der Waals surface area contributed by atoms with Gasteiger partial charge in [-0.1, -0.05) is 57.0 Å². The summed E-state index contributed by atoms with van der Waals surface area (Å²) in [5.41, 5.74) is 4.78. The number of benzene rings is 1. The van der Waals surface area contributed by atoms with Gasteiger partial charge < -0.3 is 20.4 Å². The lowest BCUT2D eigenvalue weighted by Gasteiger charge is -2.09. The second-order valence-corrected chi connectivity index (χ2v) is 9.26. The van der Waals surface area contributed by atoms with Crippen molar-refractivity contribution < 1.29 is 9.57 Å². The van der Waals surface area contributed by atoms with Crippen LogP contribution in [0.3, 0.4) is 0 Å². The van der Waals surface area contributed by atoms with Crippen molar-refractivity contribution in [1.29, 1.82) is 0 Å². The predicted octanol–water partition coefficient (Wildman–Crippen LogP) is 3.30. The minimum absolute atomic E-state index is 0.200. The smallest absolute Gasteiger partial charge is 0.328 e. The van der Waals surface area contributed by atoms with Crippen molar-refractivity contribution >= 4 is 11.2 Å². The normalized spacial score (nSPS) is 11.2. The third-order valence-corrected chi connectivity index (χ3v) is 6.12. The molecule has 0 amide bonds. The highest BCUT2D eigenvalue weighted by Crippen LogP contribution is 2.17. The maximum Gasteiger partial charge on any atom is 0.328 e. The summed E-state index contributed by atoms with van der Waals surface area (Å²) in [4.78, 5) is 29.0. The number of aryl methyl sites for hydroxylation is 1. The molecule has 202 valence electrons. The molecule has 0 aliphatic rings. The summed E-state index contributed by atoms with van der Waals surface area (Å²) in [5, 5.41) is 6.71. The van der Waals surface area contributed by atoms with Gasteiger partial charge in [0.25, 0.3) is 0 Å². The molecular weight excluding hydrogens is 470 g/mol. The van der Waals surface area contributed by atoms with Crippen molar-refractivity contribution in [1.82, 2.24) is 30.2 Å². The molecule has 0 fully saturated rings. The molecule has 10 heteroatoms. The Bertz CT molecular complexity index is 1170. The topological polar surface area (TPSA) is 132 Å². The standard InChI is InChI=1S/C27H41N7O3/c1-4-5-16-36-26-31-21(3)24-25(33-26)34(27(35)32-24)18-23-12-10-22(11-13-23)17-29-14-8-6-7-9-15-30-20(2)19-37-28/h10-13,29-30H,2,4-9,14-19,28H2,1,3H3,(H,32,35). The molecular formula is C27H41N7O3. The Kier molecular flexibility index (Phi) is 11.6. The van der Waals surface area contributed by atoms with Crippen molar-refractivity contribution in [3.63, 3.8) is 0 Å². The van der Waals surface area contributed by atoms with E-state index in [0.717, 1.165) is 56.6 Å². The van der Waals surface area contributed by atoms with E-state index in [2.05, 4.69) is 68.2 Å². The van der Waals surface area contributed by atoms with Gasteiger partial charge >= 0.3 is 11.7 Å². The zero-order valence-corrected chi connectivity index (χ0v) is 22.1. The first-order valence-corrected chi connectivity index (χ1v) is 13.1. The molecule has 2 aromatic heterocycles. The first-order chi connectivity index (χ1) is 18.0. The highest BCUT2D eigenvalue weighted by Gasteiger charge is 2.14. The minimum atomic E-state index is -0.200. The van der Waals surface area contributed by atoms with Crippen LogP contribution in [0, 0.1) is 6.92 Å². The Morgan fingerprint density at radius 3 is 2.54 bits per heavy atom. The molecule has 0 radical (unpaired) electrons. The van der Waals surface area contributed by atoms with E-state index in [9.17, 15) is 4.79 Å². The monoisotopic (exact) mass is 511 g/mol. The Balaban J connectivity index is 1.44. The van der Waals surface area contributed by atoms with Crippen molar-refractivity contribution in [3.05, 3.63) is 63.8 Å². The highest BCUT2D eigenvalue weighted by molar-refractivity contribution is 5.73. The Labute approximate surface area is 218 Å². The number of nitrogens with two attached hydrogens (primary N) is 1. The van der Waals surface area contributed by atoms with Gasteiger partial charge in [-0.05, 0) is 43.9 Å². The second kappa shape index (κ2) is 15.1. The van der Waals surface area contributed by atoms with Gasteiger partial charge in [0.05, 0.1) is 18.8 Å². The van der Waals surface area contributed by atoms with Gasteiger partial charge in [0.2, 0.25) is 0 Å². The number of unbranched alkanes of at least 4 members (excludes halogenated alkanes) is 4. The SMILES string of the molecule is C=C(CON)NCCCCCCNCc1ccc(Cn2c(=O)[nH]c3c(C)nc(OCCCC)nc32)cc1. The highest BCUT2D eigenvalue weighted by atomic mass is 16.6. The molecule has 0 bridgehead atoms. The summed E-state index contributed by atoms with van der Waals surface area (Å²) in [6.45, 7) is 11.8. The first kappa shape index (κ1) is 28.4. The summed E-state index contributed by atoms with van der Waals surface area (Å²) in [6.07, 6.45) is 6.56. The Morgan fingerprint density at radius 2 is 1.81 bits per heavy atom. The van der Waals surface area contributed by atoms with E-state index < -0.39 is 0 Å². The average Bonchev–Trinajstić information content (AvgIpc) is 3.20.